The highest BCUT2D eigenvalue weighted by atomic mass is 35.5. The standard InChI is InChI=1S/C31H34ClN5O.2ClH/c1-3-28(38)37-19-18-36(21-31(37,27-10-7-17-35(27)2)23-11-13-24(32)14-12-23)29-25-15-16-33-30(25)34-20-26(29)22-8-5-4-6-9-22;;/h4-6,8-9,11-16,20,27H,3,7,10,17-19,21H2,1-2H3,(H,33,34);2*1H/t27-,31+;;/m0../s1. The lowest BCUT2D eigenvalue weighted by atomic mass is 9.77. The van der Waals surface area contributed by atoms with Gasteiger partial charge in [-0.2, -0.15) is 0 Å². The first kappa shape index (κ1) is 30.2. The number of anilines is 1. The van der Waals surface area contributed by atoms with E-state index in [0.29, 0.717) is 24.5 Å². The van der Waals surface area contributed by atoms with Crippen LogP contribution in [0.5, 0.6) is 0 Å². The van der Waals surface area contributed by atoms with Gasteiger partial charge in [0.15, 0.2) is 0 Å². The number of rotatable bonds is 5. The Labute approximate surface area is 253 Å². The minimum absolute atomic E-state index is 0. The number of carbonyl (C=O) groups excluding carboxylic acids is 1. The minimum Gasteiger partial charge on any atom is -0.366 e. The van der Waals surface area contributed by atoms with Crippen LogP contribution in [0.15, 0.2) is 73.1 Å². The lowest BCUT2D eigenvalue weighted by molar-refractivity contribution is -0.142. The van der Waals surface area contributed by atoms with Crippen LogP contribution in [0.25, 0.3) is 22.2 Å². The Hall–Kier alpha value is -2.77. The summed E-state index contributed by atoms with van der Waals surface area (Å²) in [5.74, 6) is 0.199. The molecule has 0 aliphatic carbocycles. The van der Waals surface area contributed by atoms with Crippen LogP contribution in [0, 0.1) is 0 Å². The second-order valence-electron chi connectivity index (χ2n) is 10.5. The molecule has 0 radical (unpaired) electrons. The summed E-state index contributed by atoms with van der Waals surface area (Å²) in [5, 5.41) is 1.81. The molecule has 212 valence electrons. The highest BCUT2D eigenvalue weighted by molar-refractivity contribution is 6.30. The zero-order valence-electron chi connectivity index (χ0n) is 22.8. The molecular weight excluding hydrogens is 565 g/mol. The summed E-state index contributed by atoms with van der Waals surface area (Å²) < 4.78 is 0. The van der Waals surface area contributed by atoms with E-state index in [4.69, 9.17) is 16.6 Å². The van der Waals surface area contributed by atoms with Crippen molar-refractivity contribution < 1.29 is 4.79 Å². The Kier molecular flexibility index (Phi) is 9.36. The number of nitrogens with zero attached hydrogens (tertiary/aromatic N) is 4. The molecule has 0 spiro atoms. The first-order valence-corrected chi connectivity index (χ1v) is 13.9. The zero-order chi connectivity index (χ0) is 26.3. The number of benzene rings is 2. The fourth-order valence-electron chi connectivity index (χ4n) is 6.74. The molecule has 4 aromatic rings. The molecule has 40 heavy (non-hydrogen) atoms. The first-order chi connectivity index (χ1) is 18.5. The fraction of sp³-hybridized carbons (Fsp3) is 0.355. The Morgan fingerprint density at radius 1 is 1.05 bits per heavy atom. The number of piperazine rings is 1. The number of pyridine rings is 1. The number of aromatic nitrogens is 2. The smallest absolute Gasteiger partial charge is 0.223 e. The summed E-state index contributed by atoms with van der Waals surface area (Å²) in [6, 6.07) is 21.0. The van der Waals surface area contributed by atoms with Crippen molar-refractivity contribution in [1.82, 2.24) is 19.8 Å². The SMILES string of the molecule is CCC(=O)N1CCN(c2c(-c3ccccc3)cnc3[nH]ccc23)C[C@@]1(c1ccc(Cl)cc1)[C@@H]1CCCN1C.Cl.Cl. The lowest BCUT2D eigenvalue weighted by Gasteiger charge is -2.56. The molecular formula is C31H36Cl3N5O. The van der Waals surface area contributed by atoms with Gasteiger partial charge in [0.1, 0.15) is 11.2 Å². The number of aromatic amines is 1. The molecule has 4 heterocycles. The van der Waals surface area contributed by atoms with Crippen molar-refractivity contribution >= 4 is 59.0 Å². The number of hydrogen-bond donors (Lipinski definition) is 1. The quantitative estimate of drug-likeness (QED) is 0.275. The van der Waals surface area contributed by atoms with E-state index in [1.165, 1.54) is 5.69 Å². The Morgan fingerprint density at radius 3 is 2.48 bits per heavy atom. The number of hydrogen-bond acceptors (Lipinski definition) is 4. The van der Waals surface area contributed by atoms with Crippen molar-refractivity contribution in [3.63, 3.8) is 0 Å². The van der Waals surface area contributed by atoms with Gasteiger partial charge in [-0.1, -0.05) is 61.0 Å². The topological polar surface area (TPSA) is 55.5 Å². The summed E-state index contributed by atoms with van der Waals surface area (Å²) in [6.45, 7) is 5.10. The van der Waals surface area contributed by atoms with Crippen molar-refractivity contribution in [2.24, 2.45) is 0 Å². The van der Waals surface area contributed by atoms with Crippen molar-refractivity contribution in [2.45, 2.75) is 37.8 Å². The van der Waals surface area contributed by atoms with Gasteiger partial charge in [-0.15, -0.1) is 24.8 Å². The average molecular weight is 601 g/mol. The molecule has 0 bridgehead atoms. The van der Waals surface area contributed by atoms with Crippen molar-refractivity contribution in [3.05, 3.63) is 83.6 Å². The van der Waals surface area contributed by atoms with Gasteiger partial charge in [0.2, 0.25) is 5.91 Å². The number of likely N-dealkylation sites (N-methyl/N-ethyl adjacent to an activating group) is 1. The zero-order valence-corrected chi connectivity index (χ0v) is 25.2. The van der Waals surface area contributed by atoms with Crippen LogP contribution in [-0.2, 0) is 10.3 Å². The number of halogens is 3. The molecule has 2 aromatic carbocycles. The van der Waals surface area contributed by atoms with Crippen LogP contribution in [0.3, 0.4) is 0 Å². The minimum atomic E-state index is -0.513. The van der Waals surface area contributed by atoms with E-state index in [1.54, 1.807) is 0 Å². The number of likely N-dealkylation sites (tertiary alicyclic amines) is 1. The number of nitrogens with one attached hydrogen (secondary N) is 1. The fourth-order valence-corrected chi connectivity index (χ4v) is 6.87. The first-order valence-electron chi connectivity index (χ1n) is 13.6. The summed E-state index contributed by atoms with van der Waals surface area (Å²) in [7, 11) is 2.20. The second kappa shape index (κ2) is 12.4. The van der Waals surface area contributed by atoms with Gasteiger partial charge in [-0.25, -0.2) is 4.98 Å². The van der Waals surface area contributed by atoms with Gasteiger partial charge >= 0.3 is 0 Å². The third-order valence-corrected chi connectivity index (χ3v) is 8.74. The van der Waals surface area contributed by atoms with Crippen LogP contribution in [0.4, 0.5) is 5.69 Å². The molecule has 1 N–H and O–H groups in total. The summed E-state index contributed by atoms with van der Waals surface area (Å²) in [6.07, 6.45) is 6.60. The Bertz CT molecular complexity index is 1440. The molecule has 2 aliphatic rings. The van der Waals surface area contributed by atoms with Gasteiger partial charge in [0, 0.05) is 60.5 Å². The number of carbonyl (C=O) groups is 1. The molecule has 6 rings (SSSR count). The van der Waals surface area contributed by atoms with E-state index < -0.39 is 5.54 Å². The molecule has 1 amide bonds. The maximum Gasteiger partial charge on any atom is 0.223 e. The predicted molar refractivity (Wildman–Crippen MR) is 169 cm³/mol. The van der Waals surface area contributed by atoms with Crippen molar-refractivity contribution in [1.29, 1.82) is 0 Å². The van der Waals surface area contributed by atoms with E-state index in [2.05, 4.69) is 69.2 Å². The van der Waals surface area contributed by atoms with Gasteiger partial charge in [-0.05, 0) is 55.8 Å². The van der Waals surface area contributed by atoms with E-state index in [0.717, 1.165) is 53.7 Å². The van der Waals surface area contributed by atoms with E-state index >= 15 is 0 Å². The average Bonchev–Trinajstić information content (AvgIpc) is 3.61. The molecule has 2 atom stereocenters. The van der Waals surface area contributed by atoms with Crippen LogP contribution >= 0.6 is 36.4 Å². The summed E-state index contributed by atoms with van der Waals surface area (Å²) in [5.41, 5.74) is 4.93. The van der Waals surface area contributed by atoms with Crippen LogP contribution in [-0.4, -0.2) is 64.9 Å². The maximum atomic E-state index is 13.6. The monoisotopic (exact) mass is 599 g/mol. The molecule has 0 saturated carbocycles. The van der Waals surface area contributed by atoms with Crippen LogP contribution in [0.2, 0.25) is 5.02 Å². The van der Waals surface area contributed by atoms with E-state index in [9.17, 15) is 4.79 Å². The number of fused-ring (bicyclic) bond motifs is 1. The predicted octanol–water partition coefficient (Wildman–Crippen LogP) is 6.78. The van der Waals surface area contributed by atoms with E-state index in [-0.39, 0.29) is 36.8 Å². The normalized spacial score (nSPS) is 21.2. The van der Waals surface area contributed by atoms with E-state index in [1.807, 2.05) is 37.5 Å². The third kappa shape index (κ3) is 5.07. The lowest BCUT2D eigenvalue weighted by Crippen LogP contribution is -2.68. The van der Waals surface area contributed by atoms with Gasteiger partial charge in [-0.3, -0.25) is 4.79 Å². The second-order valence-corrected chi connectivity index (χ2v) is 11.0. The molecule has 2 saturated heterocycles. The van der Waals surface area contributed by atoms with Crippen LogP contribution < -0.4 is 4.90 Å². The van der Waals surface area contributed by atoms with Gasteiger partial charge in [0.05, 0.1) is 5.69 Å². The molecule has 2 fully saturated rings. The molecule has 2 aromatic heterocycles. The molecule has 9 heteroatoms. The highest BCUT2D eigenvalue weighted by Gasteiger charge is 2.53. The van der Waals surface area contributed by atoms with Gasteiger partial charge < -0.3 is 19.7 Å². The maximum absolute atomic E-state index is 13.6. The van der Waals surface area contributed by atoms with Crippen LogP contribution in [0.1, 0.15) is 31.7 Å². The van der Waals surface area contributed by atoms with Gasteiger partial charge in [0.25, 0.3) is 0 Å². The number of H-pyrrole nitrogens is 1. The Balaban J connectivity index is 0.00000185. The molecule has 6 nitrogen and oxygen atoms in total. The van der Waals surface area contributed by atoms with Crippen molar-refractivity contribution in [3.8, 4) is 11.1 Å². The summed E-state index contributed by atoms with van der Waals surface area (Å²) in [4.78, 5) is 28.8. The van der Waals surface area contributed by atoms with Crippen molar-refractivity contribution in [2.75, 3.05) is 38.1 Å². The highest BCUT2D eigenvalue weighted by Crippen LogP contribution is 2.46. The number of amides is 1. The molecule has 0 unspecified atom stereocenters. The molecule has 2 aliphatic heterocycles. The third-order valence-electron chi connectivity index (χ3n) is 8.49. The Morgan fingerprint density at radius 2 is 1.80 bits per heavy atom. The summed E-state index contributed by atoms with van der Waals surface area (Å²) >= 11 is 6.36. The largest absolute Gasteiger partial charge is 0.366 e.